The Labute approximate surface area is 179 Å². The van der Waals surface area contributed by atoms with Crippen LogP contribution in [0.25, 0.3) is 27.8 Å². The second-order valence-corrected chi connectivity index (χ2v) is 7.30. The molecular weight excluding hydrogens is 382 g/mol. The molecule has 0 fully saturated rings. The van der Waals surface area contributed by atoms with Gasteiger partial charge in [-0.3, -0.25) is 9.59 Å². The van der Waals surface area contributed by atoms with E-state index < -0.39 is 0 Å². The molecule has 148 valence electrons. The van der Waals surface area contributed by atoms with E-state index in [1.165, 1.54) is 0 Å². The van der Waals surface area contributed by atoms with Crippen molar-refractivity contribution in [2.24, 2.45) is 0 Å². The molecular formula is C28H19NO2. The molecule has 1 heterocycles. The van der Waals surface area contributed by atoms with Crippen LogP contribution in [0.15, 0.2) is 120 Å². The Morgan fingerprint density at radius 2 is 1.16 bits per heavy atom. The van der Waals surface area contributed by atoms with Crippen molar-refractivity contribution >= 4 is 16.7 Å². The Balaban J connectivity index is 1.98. The topological polar surface area (TPSA) is 39.1 Å². The number of para-hydroxylation sites is 2. The number of hydrogen-bond donors (Lipinski definition) is 0. The monoisotopic (exact) mass is 401 g/mol. The highest BCUT2D eigenvalue weighted by Gasteiger charge is 2.25. The van der Waals surface area contributed by atoms with Gasteiger partial charge in [-0.05, 0) is 29.8 Å². The van der Waals surface area contributed by atoms with Gasteiger partial charge in [0.2, 0.25) is 5.43 Å². The van der Waals surface area contributed by atoms with E-state index in [2.05, 4.69) is 0 Å². The van der Waals surface area contributed by atoms with E-state index in [9.17, 15) is 9.59 Å². The van der Waals surface area contributed by atoms with Crippen LogP contribution in [0.5, 0.6) is 0 Å². The van der Waals surface area contributed by atoms with Crippen LogP contribution in [0.4, 0.5) is 0 Å². The van der Waals surface area contributed by atoms with Gasteiger partial charge in [0.25, 0.3) is 0 Å². The zero-order chi connectivity index (χ0) is 21.2. The molecule has 0 saturated carbocycles. The van der Waals surface area contributed by atoms with E-state index in [0.29, 0.717) is 16.6 Å². The van der Waals surface area contributed by atoms with E-state index >= 15 is 0 Å². The minimum absolute atomic E-state index is 0.181. The molecule has 3 nitrogen and oxygen atoms in total. The molecule has 0 unspecified atom stereocenters. The van der Waals surface area contributed by atoms with Crippen LogP contribution < -0.4 is 5.43 Å². The van der Waals surface area contributed by atoms with Crippen LogP contribution >= 0.6 is 0 Å². The van der Waals surface area contributed by atoms with Gasteiger partial charge in [-0.2, -0.15) is 0 Å². The van der Waals surface area contributed by atoms with E-state index in [1.807, 2.05) is 102 Å². The number of aromatic nitrogens is 1. The molecule has 5 rings (SSSR count). The van der Waals surface area contributed by atoms with Gasteiger partial charge < -0.3 is 4.57 Å². The van der Waals surface area contributed by atoms with Crippen LogP contribution in [-0.2, 0) is 0 Å². The third-order valence-corrected chi connectivity index (χ3v) is 5.40. The van der Waals surface area contributed by atoms with Gasteiger partial charge in [0.05, 0.1) is 16.8 Å². The Hall–Kier alpha value is -4.24. The van der Waals surface area contributed by atoms with Crippen LogP contribution in [-0.4, -0.2) is 10.4 Å². The molecule has 0 N–H and O–H groups in total. The molecule has 1 aromatic heterocycles. The summed E-state index contributed by atoms with van der Waals surface area (Å²) in [6.45, 7) is 0. The Kier molecular flexibility index (Phi) is 4.77. The summed E-state index contributed by atoms with van der Waals surface area (Å²) in [5.41, 5.74) is 3.49. The van der Waals surface area contributed by atoms with Gasteiger partial charge in [-0.1, -0.05) is 91.0 Å². The van der Waals surface area contributed by atoms with Crippen LogP contribution in [0, 0.1) is 0 Å². The number of nitrogens with zero attached hydrogens (tertiary/aromatic N) is 1. The molecule has 0 spiro atoms. The first-order valence-corrected chi connectivity index (χ1v) is 10.1. The SMILES string of the molecule is O=C(c1ccccc1)c1c(-c2ccccc2)n(-c2ccccc2)c2ccccc2c1=O. The van der Waals surface area contributed by atoms with Crippen molar-refractivity contribution in [1.29, 1.82) is 0 Å². The van der Waals surface area contributed by atoms with E-state index in [4.69, 9.17) is 0 Å². The van der Waals surface area contributed by atoms with Crippen molar-refractivity contribution in [3.8, 4) is 16.9 Å². The van der Waals surface area contributed by atoms with Crippen molar-refractivity contribution < 1.29 is 4.79 Å². The predicted octanol–water partition coefficient (Wildman–Crippen LogP) is 5.89. The van der Waals surface area contributed by atoms with Gasteiger partial charge in [0, 0.05) is 16.6 Å². The lowest BCUT2D eigenvalue weighted by atomic mass is 9.95. The van der Waals surface area contributed by atoms with Gasteiger partial charge in [-0.25, -0.2) is 0 Å². The largest absolute Gasteiger partial charge is 0.308 e. The normalized spacial score (nSPS) is 10.8. The number of pyridine rings is 1. The third kappa shape index (κ3) is 3.26. The fourth-order valence-electron chi connectivity index (χ4n) is 3.99. The maximum Gasteiger partial charge on any atom is 0.201 e. The number of rotatable bonds is 4. The summed E-state index contributed by atoms with van der Waals surface area (Å²) >= 11 is 0. The van der Waals surface area contributed by atoms with Gasteiger partial charge >= 0.3 is 0 Å². The summed E-state index contributed by atoms with van der Waals surface area (Å²) in [6, 6.07) is 35.9. The van der Waals surface area contributed by atoms with Crippen molar-refractivity contribution in [2.75, 3.05) is 0 Å². The molecule has 0 aliphatic rings. The van der Waals surface area contributed by atoms with Gasteiger partial charge in [0.1, 0.15) is 0 Å². The van der Waals surface area contributed by atoms with Crippen molar-refractivity contribution in [2.45, 2.75) is 0 Å². The summed E-state index contributed by atoms with van der Waals surface area (Å²) in [4.78, 5) is 27.4. The summed E-state index contributed by atoms with van der Waals surface area (Å²) in [5.74, 6) is -0.278. The van der Waals surface area contributed by atoms with Crippen LogP contribution in [0.1, 0.15) is 15.9 Å². The predicted molar refractivity (Wildman–Crippen MR) is 125 cm³/mol. The molecule has 0 aliphatic carbocycles. The van der Waals surface area contributed by atoms with Crippen molar-refractivity contribution in [3.63, 3.8) is 0 Å². The highest BCUT2D eigenvalue weighted by atomic mass is 16.1. The molecule has 0 radical (unpaired) electrons. The smallest absolute Gasteiger partial charge is 0.201 e. The van der Waals surface area contributed by atoms with Gasteiger partial charge in [-0.15, -0.1) is 0 Å². The fourth-order valence-corrected chi connectivity index (χ4v) is 3.99. The lowest BCUT2D eigenvalue weighted by Crippen LogP contribution is -2.22. The number of carbonyl (C=O) groups is 1. The first kappa shape index (κ1) is 18.8. The Morgan fingerprint density at radius 1 is 0.613 bits per heavy atom. The molecule has 0 amide bonds. The van der Waals surface area contributed by atoms with E-state index in [1.54, 1.807) is 18.2 Å². The minimum atomic E-state index is -0.278. The highest BCUT2D eigenvalue weighted by Crippen LogP contribution is 2.31. The van der Waals surface area contributed by atoms with E-state index in [-0.39, 0.29) is 16.8 Å². The lowest BCUT2D eigenvalue weighted by molar-refractivity contribution is 0.103. The zero-order valence-electron chi connectivity index (χ0n) is 16.7. The molecule has 4 aromatic carbocycles. The first-order chi connectivity index (χ1) is 15.3. The second kappa shape index (κ2) is 7.88. The molecule has 0 saturated heterocycles. The number of benzene rings is 4. The summed E-state index contributed by atoms with van der Waals surface area (Å²) in [6.07, 6.45) is 0. The molecule has 5 aromatic rings. The maximum absolute atomic E-state index is 13.7. The molecule has 0 atom stereocenters. The minimum Gasteiger partial charge on any atom is -0.308 e. The second-order valence-electron chi connectivity index (χ2n) is 7.30. The third-order valence-electron chi connectivity index (χ3n) is 5.40. The Bertz CT molecular complexity index is 1440. The number of carbonyl (C=O) groups excluding carboxylic acids is 1. The molecule has 0 bridgehead atoms. The van der Waals surface area contributed by atoms with Crippen molar-refractivity contribution in [3.05, 3.63) is 137 Å². The first-order valence-electron chi connectivity index (χ1n) is 10.1. The van der Waals surface area contributed by atoms with E-state index in [0.717, 1.165) is 16.8 Å². The summed E-state index contributed by atoms with van der Waals surface area (Å²) < 4.78 is 2.02. The summed E-state index contributed by atoms with van der Waals surface area (Å²) in [7, 11) is 0. The average Bonchev–Trinajstić information content (AvgIpc) is 2.85. The summed E-state index contributed by atoms with van der Waals surface area (Å²) in [5, 5.41) is 0.519. The molecule has 0 aliphatic heterocycles. The number of hydrogen-bond acceptors (Lipinski definition) is 2. The quantitative estimate of drug-likeness (QED) is 0.352. The van der Waals surface area contributed by atoms with Crippen LogP contribution in [0.3, 0.4) is 0 Å². The Morgan fingerprint density at radius 3 is 1.84 bits per heavy atom. The zero-order valence-corrected chi connectivity index (χ0v) is 16.7. The number of ketones is 1. The molecule has 3 heteroatoms. The highest BCUT2D eigenvalue weighted by molar-refractivity contribution is 6.14. The fraction of sp³-hybridized carbons (Fsp3) is 0. The maximum atomic E-state index is 13.7. The number of fused-ring (bicyclic) bond motifs is 1. The van der Waals surface area contributed by atoms with Crippen molar-refractivity contribution in [1.82, 2.24) is 4.57 Å². The average molecular weight is 401 g/mol. The molecule has 31 heavy (non-hydrogen) atoms. The lowest BCUT2D eigenvalue weighted by Gasteiger charge is -2.20. The standard InChI is InChI=1S/C28H19NO2/c30-27(21-14-6-2-7-15-21)25-26(20-12-4-1-5-13-20)29(22-16-8-3-9-17-22)24-19-11-10-18-23(24)28(25)31/h1-19H. The van der Waals surface area contributed by atoms with Gasteiger partial charge in [0.15, 0.2) is 5.78 Å². The van der Waals surface area contributed by atoms with Crippen LogP contribution in [0.2, 0.25) is 0 Å².